The molecule has 0 aliphatic carbocycles. The molecule has 3 aromatic rings. The van der Waals surface area contributed by atoms with Crippen LogP contribution in [0.1, 0.15) is 11.1 Å². The van der Waals surface area contributed by atoms with E-state index in [4.69, 9.17) is 0 Å². The number of amides is 1. The number of nitrogens with one attached hydrogen (secondary N) is 1. The van der Waals surface area contributed by atoms with Gasteiger partial charge >= 0.3 is 0 Å². The van der Waals surface area contributed by atoms with E-state index in [9.17, 15) is 18.4 Å². The van der Waals surface area contributed by atoms with Crippen molar-refractivity contribution in [2.45, 2.75) is 18.9 Å². The molecule has 8 heteroatoms. The molecule has 0 saturated carbocycles. The van der Waals surface area contributed by atoms with Gasteiger partial charge in [-0.15, -0.1) is 0 Å². The number of carbonyl (C=O) groups is 1. The van der Waals surface area contributed by atoms with E-state index in [0.29, 0.717) is 11.8 Å². The molecule has 1 heterocycles. The van der Waals surface area contributed by atoms with Crippen molar-refractivity contribution in [3.63, 3.8) is 0 Å². The molecular weight excluding hydrogens is 384 g/mol. The number of thioether (sulfide) groups is 1. The molecule has 144 valence electrons. The van der Waals surface area contributed by atoms with Crippen LogP contribution in [0.25, 0.3) is 5.69 Å². The first kappa shape index (κ1) is 19.8. The average molecular weight is 401 g/mol. The Morgan fingerprint density at radius 1 is 1.14 bits per heavy atom. The molecule has 1 aromatic heterocycles. The van der Waals surface area contributed by atoms with Gasteiger partial charge in [-0.25, -0.2) is 13.8 Å². The summed E-state index contributed by atoms with van der Waals surface area (Å²) in [6.07, 6.45) is 3.05. The van der Waals surface area contributed by atoms with Gasteiger partial charge in [-0.05, 0) is 49.2 Å². The van der Waals surface area contributed by atoms with Crippen molar-refractivity contribution in [3.8, 4) is 5.69 Å². The highest BCUT2D eigenvalue weighted by Crippen LogP contribution is 2.17. The summed E-state index contributed by atoms with van der Waals surface area (Å²) in [5.41, 5.74) is 2.28. The summed E-state index contributed by atoms with van der Waals surface area (Å²) < 4.78 is 28.0. The number of aryl methyl sites for hydroxylation is 2. The summed E-state index contributed by atoms with van der Waals surface area (Å²) in [7, 11) is 0. The van der Waals surface area contributed by atoms with Gasteiger partial charge in [-0.1, -0.05) is 17.8 Å². The number of benzene rings is 2. The molecule has 0 aliphatic rings. The van der Waals surface area contributed by atoms with E-state index in [1.807, 2.05) is 32.0 Å². The van der Waals surface area contributed by atoms with Gasteiger partial charge in [0.25, 0.3) is 5.56 Å². The monoisotopic (exact) mass is 401 g/mol. The number of rotatable bonds is 5. The topological polar surface area (TPSA) is 64.0 Å². The minimum Gasteiger partial charge on any atom is -0.323 e. The van der Waals surface area contributed by atoms with E-state index in [1.54, 1.807) is 6.20 Å². The standard InChI is InChI=1S/C20H17F2N3O2S/c1-12-7-13(2)9-15(8-12)25-6-5-23-19(20(25)27)28-11-18(26)24-17-4-3-14(21)10-16(17)22/h3-10H,11H2,1-2H3,(H,24,26). The first-order chi connectivity index (χ1) is 13.3. The third-order valence-electron chi connectivity index (χ3n) is 3.84. The summed E-state index contributed by atoms with van der Waals surface area (Å²) >= 11 is 0.948. The smallest absolute Gasteiger partial charge is 0.287 e. The van der Waals surface area contributed by atoms with Crippen molar-refractivity contribution in [1.29, 1.82) is 0 Å². The maximum Gasteiger partial charge on any atom is 0.287 e. The van der Waals surface area contributed by atoms with Gasteiger partial charge < -0.3 is 5.32 Å². The fraction of sp³-hybridized carbons (Fsp3) is 0.150. The zero-order valence-electron chi connectivity index (χ0n) is 15.2. The number of hydrogen-bond acceptors (Lipinski definition) is 4. The summed E-state index contributed by atoms with van der Waals surface area (Å²) in [6, 6.07) is 8.64. The van der Waals surface area contributed by atoms with Crippen LogP contribution in [-0.2, 0) is 4.79 Å². The van der Waals surface area contributed by atoms with E-state index >= 15 is 0 Å². The van der Waals surface area contributed by atoms with Crippen LogP contribution in [0.5, 0.6) is 0 Å². The van der Waals surface area contributed by atoms with E-state index in [2.05, 4.69) is 10.3 Å². The molecule has 0 atom stereocenters. The minimum atomic E-state index is -0.867. The highest BCUT2D eigenvalue weighted by atomic mass is 32.2. The Morgan fingerprint density at radius 3 is 2.54 bits per heavy atom. The van der Waals surface area contributed by atoms with E-state index in [1.165, 1.54) is 10.8 Å². The van der Waals surface area contributed by atoms with Crippen molar-refractivity contribution >= 4 is 23.4 Å². The normalized spacial score (nSPS) is 10.7. The summed E-state index contributed by atoms with van der Waals surface area (Å²) in [6.45, 7) is 3.88. The van der Waals surface area contributed by atoms with Gasteiger partial charge in [0, 0.05) is 24.1 Å². The number of halogens is 2. The zero-order valence-corrected chi connectivity index (χ0v) is 16.0. The molecule has 1 N–H and O–H groups in total. The van der Waals surface area contributed by atoms with E-state index < -0.39 is 17.5 Å². The molecule has 0 spiro atoms. The quantitative estimate of drug-likeness (QED) is 0.660. The highest BCUT2D eigenvalue weighted by molar-refractivity contribution is 7.99. The molecule has 0 aliphatic heterocycles. The number of nitrogens with zero attached hydrogens (tertiary/aromatic N) is 2. The molecule has 0 fully saturated rings. The van der Waals surface area contributed by atoms with Crippen LogP contribution in [-0.4, -0.2) is 21.2 Å². The van der Waals surface area contributed by atoms with Crippen LogP contribution in [0, 0.1) is 25.5 Å². The van der Waals surface area contributed by atoms with Gasteiger partial charge in [-0.3, -0.25) is 14.2 Å². The first-order valence-electron chi connectivity index (χ1n) is 8.37. The molecule has 28 heavy (non-hydrogen) atoms. The van der Waals surface area contributed by atoms with Crippen LogP contribution in [0.4, 0.5) is 14.5 Å². The molecule has 2 aromatic carbocycles. The second-order valence-corrected chi connectivity index (χ2v) is 7.18. The lowest BCUT2D eigenvalue weighted by Gasteiger charge is -2.10. The van der Waals surface area contributed by atoms with Crippen LogP contribution in [0.15, 0.2) is 58.6 Å². The predicted octanol–water partition coefficient (Wildman–Crippen LogP) is 3.86. The molecule has 0 radical (unpaired) electrons. The SMILES string of the molecule is Cc1cc(C)cc(-n2ccnc(SCC(=O)Nc3ccc(F)cc3F)c2=O)c1. The van der Waals surface area contributed by atoms with Crippen LogP contribution in [0.2, 0.25) is 0 Å². The highest BCUT2D eigenvalue weighted by Gasteiger charge is 2.12. The van der Waals surface area contributed by atoms with Gasteiger partial charge in [0.15, 0.2) is 5.03 Å². The Morgan fingerprint density at radius 2 is 1.86 bits per heavy atom. The molecule has 0 unspecified atom stereocenters. The fourth-order valence-electron chi connectivity index (χ4n) is 2.70. The van der Waals surface area contributed by atoms with Gasteiger partial charge in [0.2, 0.25) is 5.91 Å². The van der Waals surface area contributed by atoms with Crippen molar-refractivity contribution in [2.75, 3.05) is 11.1 Å². The zero-order chi connectivity index (χ0) is 20.3. The van der Waals surface area contributed by atoms with Gasteiger partial charge in [-0.2, -0.15) is 0 Å². The largest absolute Gasteiger partial charge is 0.323 e. The summed E-state index contributed by atoms with van der Waals surface area (Å²) in [5, 5.41) is 2.50. The van der Waals surface area contributed by atoms with Crippen LogP contribution < -0.4 is 10.9 Å². The average Bonchev–Trinajstić information content (AvgIpc) is 2.62. The minimum absolute atomic E-state index is 0.124. The maximum absolute atomic E-state index is 13.6. The summed E-state index contributed by atoms with van der Waals surface area (Å²) in [5.74, 6) is -2.27. The lowest BCUT2D eigenvalue weighted by atomic mass is 10.1. The van der Waals surface area contributed by atoms with Crippen molar-refractivity contribution in [1.82, 2.24) is 9.55 Å². The lowest BCUT2D eigenvalue weighted by molar-refractivity contribution is -0.113. The third kappa shape index (κ3) is 4.64. The fourth-order valence-corrected chi connectivity index (χ4v) is 3.39. The Bertz CT molecular complexity index is 1080. The number of aromatic nitrogens is 2. The van der Waals surface area contributed by atoms with Gasteiger partial charge in [0.1, 0.15) is 11.6 Å². The van der Waals surface area contributed by atoms with E-state index in [0.717, 1.165) is 35.0 Å². The Hall–Kier alpha value is -3.00. The lowest BCUT2D eigenvalue weighted by Crippen LogP contribution is -2.22. The number of carbonyl (C=O) groups excluding carboxylic acids is 1. The maximum atomic E-state index is 13.6. The Kier molecular flexibility index (Phi) is 5.89. The van der Waals surface area contributed by atoms with Crippen LogP contribution in [0.3, 0.4) is 0 Å². The molecular formula is C20H17F2N3O2S. The third-order valence-corrected chi connectivity index (χ3v) is 4.80. The van der Waals surface area contributed by atoms with Crippen molar-refractivity contribution in [2.24, 2.45) is 0 Å². The predicted molar refractivity (Wildman–Crippen MR) is 105 cm³/mol. The van der Waals surface area contributed by atoms with Crippen molar-refractivity contribution < 1.29 is 13.6 Å². The second-order valence-electron chi connectivity index (χ2n) is 6.21. The second kappa shape index (κ2) is 8.35. The molecule has 0 bridgehead atoms. The first-order valence-corrected chi connectivity index (χ1v) is 9.36. The molecule has 0 saturated heterocycles. The Balaban J connectivity index is 1.74. The Labute approximate surface area is 164 Å². The molecule has 3 rings (SSSR count). The molecule has 5 nitrogen and oxygen atoms in total. The number of hydrogen-bond donors (Lipinski definition) is 1. The molecule has 1 amide bonds. The van der Waals surface area contributed by atoms with Gasteiger partial charge in [0.05, 0.1) is 11.4 Å². The summed E-state index contributed by atoms with van der Waals surface area (Å²) in [4.78, 5) is 28.8. The van der Waals surface area contributed by atoms with E-state index in [-0.39, 0.29) is 22.0 Å². The number of anilines is 1. The van der Waals surface area contributed by atoms with Crippen LogP contribution >= 0.6 is 11.8 Å². The van der Waals surface area contributed by atoms with Crippen molar-refractivity contribution in [3.05, 3.63) is 81.9 Å².